The van der Waals surface area contributed by atoms with Crippen molar-refractivity contribution in [3.8, 4) is 0 Å². The van der Waals surface area contributed by atoms with Gasteiger partial charge in [0, 0.05) is 18.6 Å². The van der Waals surface area contributed by atoms with Crippen molar-refractivity contribution in [3.05, 3.63) is 0 Å². The van der Waals surface area contributed by atoms with E-state index >= 15 is 0 Å². The van der Waals surface area contributed by atoms with Crippen LogP contribution in [0.25, 0.3) is 0 Å². The summed E-state index contributed by atoms with van der Waals surface area (Å²) in [5.74, 6) is -1.04. The summed E-state index contributed by atoms with van der Waals surface area (Å²) in [6, 6.07) is 0.805. The third-order valence-electron chi connectivity index (χ3n) is 5.64. The number of carbonyl (C=O) groups is 2. The molecule has 138 valence electrons. The highest BCUT2D eigenvalue weighted by atomic mass is 16.4. The zero-order valence-electron chi connectivity index (χ0n) is 15.4. The Morgan fingerprint density at radius 3 is 1.83 bits per heavy atom. The van der Waals surface area contributed by atoms with E-state index in [2.05, 4.69) is 4.90 Å². The highest BCUT2D eigenvalue weighted by Gasteiger charge is 2.32. The number of aliphatic carboxylic acids is 1. The van der Waals surface area contributed by atoms with Crippen LogP contribution >= 0.6 is 0 Å². The average Bonchev–Trinajstić information content (AvgIpc) is 2.56. The lowest BCUT2D eigenvalue weighted by atomic mass is 9.88. The van der Waals surface area contributed by atoms with Gasteiger partial charge < -0.3 is 10.0 Å². The first-order valence-corrected chi connectivity index (χ1v) is 9.71. The van der Waals surface area contributed by atoms with Gasteiger partial charge in [-0.1, -0.05) is 45.4 Å². The maximum Gasteiger partial charge on any atom is 0.307 e. The fraction of sp³-hybridized carbons (Fsp3) is 0.895. The van der Waals surface area contributed by atoms with E-state index in [1.54, 1.807) is 6.92 Å². The van der Waals surface area contributed by atoms with E-state index in [1.807, 2.05) is 11.9 Å². The van der Waals surface area contributed by atoms with E-state index in [0.29, 0.717) is 25.2 Å². The maximum atomic E-state index is 13.0. The molecule has 0 spiro atoms. The molecule has 1 amide bonds. The number of carboxylic acids is 1. The molecule has 1 unspecified atom stereocenters. The zero-order valence-corrected chi connectivity index (χ0v) is 15.4. The number of nitrogens with zero attached hydrogens (tertiary/aromatic N) is 2. The smallest absolute Gasteiger partial charge is 0.307 e. The van der Waals surface area contributed by atoms with Crippen molar-refractivity contribution in [2.24, 2.45) is 5.92 Å². The van der Waals surface area contributed by atoms with Crippen LogP contribution in [-0.2, 0) is 9.59 Å². The van der Waals surface area contributed by atoms with Crippen molar-refractivity contribution in [1.82, 2.24) is 9.80 Å². The molecule has 2 fully saturated rings. The second-order valence-corrected chi connectivity index (χ2v) is 7.82. The number of carboxylic acid groups (broad SMARTS) is 1. The molecule has 0 bridgehead atoms. The summed E-state index contributed by atoms with van der Waals surface area (Å²) in [5, 5.41) is 9.06. The average molecular weight is 338 g/mol. The molecule has 1 N–H and O–H groups in total. The molecule has 0 aromatic carbocycles. The van der Waals surface area contributed by atoms with Crippen LogP contribution in [0.4, 0.5) is 0 Å². The Bertz CT molecular complexity index is 397. The first-order chi connectivity index (χ1) is 11.5. The fourth-order valence-electron chi connectivity index (χ4n) is 4.35. The fourth-order valence-corrected chi connectivity index (χ4v) is 4.35. The molecule has 2 rings (SSSR count). The van der Waals surface area contributed by atoms with Gasteiger partial charge in [-0.3, -0.25) is 14.5 Å². The Kier molecular flexibility index (Phi) is 7.53. The molecule has 2 aliphatic carbocycles. The minimum absolute atomic E-state index is 0.203. The first kappa shape index (κ1) is 19.2. The van der Waals surface area contributed by atoms with Gasteiger partial charge in [-0.25, -0.2) is 0 Å². The summed E-state index contributed by atoms with van der Waals surface area (Å²) in [4.78, 5) is 28.2. The minimum Gasteiger partial charge on any atom is -0.481 e. The Morgan fingerprint density at radius 1 is 0.958 bits per heavy atom. The number of likely N-dealkylation sites (N-methyl/N-ethyl adjacent to an activating group) is 1. The van der Waals surface area contributed by atoms with Gasteiger partial charge in [0.25, 0.3) is 0 Å². The lowest BCUT2D eigenvalue weighted by Gasteiger charge is -2.42. The van der Waals surface area contributed by atoms with Crippen molar-refractivity contribution >= 4 is 11.9 Å². The molecule has 0 aromatic heterocycles. The molecule has 0 aromatic rings. The topological polar surface area (TPSA) is 60.9 Å². The third kappa shape index (κ3) is 5.47. The van der Waals surface area contributed by atoms with Gasteiger partial charge in [-0.2, -0.15) is 0 Å². The molecule has 5 nitrogen and oxygen atoms in total. The molecule has 2 aliphatic rings. The summed E-state index contributed by atoms with van der Waals surface area (Å²) in [7, 11) is 1.86. The van der Waals surface area contributed by atoms with E-state index < -0.39 is 11.9 Å². The molecular formula is C19H34N2O3. The molecule has 0 aliphatic heterocycles. The Morgan fingerprint density at radius 2 is 1.42 bits per heavy atom. The predicted octanol–water partition coefficient (Wildman–Crippen LogP) is 3.13. The Labute approximate surface area is 146 Å². The number of hydrogen-bond donors (Lipinski definition) is 1. The van der Waals surface area contributed by atoms with E-state index in [4.69, 9.17) is 5.11 Å². The van der Waals surface area contributed by atoms with Crippen molar-refractivity contribution < 1.29 is 14.7 Å². The van der Waals surface area contributed by atoms with Crippen LogP contribution in [0.5, 0.6) is 0 Å². The number of hydrogen-bond acceptors (Lipinski definition) is 3. The van der Waals surface area contributed by atoms with Crippen LogP contribution in [0.2, 0.25) is 0 Å². The summed E-state index contributed by atoms with van der Waals surface area (Å²) < 4.78 is 0. The second-order valence-electron chi connectivity index (χ2n) is 7.82. The molecule has 5 heteroatoms. The third-order valence-corrected chi connectivity index (χ3v) is 5.64. The molecule has 0 saturated heterocycles. The van der Waals surface area contributed by atoms with E-state index in [0.717, 1.165) is 25.7 Å². The summed E-state index contributed by atoms with van der Waals surface area (Å²) in [6.45, 7) is 2.46. The Balaban J connectivity index is 1.99. The maximum absolute atomic E-state index is 13.0. The lowest BCUT2D eigenvalue weighted by molar-refractivity contribution is -0.144. The van der Waals surface area contributed by atoms with Gasteiger partial charge in [-0.05, 0) is 32.7 Å². The monoisotopic (exact) mass is 338 g/mol. The predicted molar refractivity (Wildman–Crippen MR) is 94.9 cm³/mol. The summed E-state index contributed by atoms with van der Waals surface area (Å²) >= 11 is 0. The van der Waals surface area contributed by atoms with Crippen molar-refractivity contribution in [1.29, 1.82) is 0 Å². The van der Waals surface area contributed by atoms with Gasteiger partial charge >= 0.3 is 5.97 Å². The van der Waals surface area contributed by atoms with Crippen LogP contribution in [0.3, 0.4) is 0 Å². The van der Waals surface area contributed by atoms with Crippen molar-refractivity contribution in [3.63, 3.8) is 0 Å². The van der Waals surface area contributed by atoms with E-state index in [1.165, 1.54) is 38.5 Å². The van der Waals surface area contributed by atoms with Gasteiger partial charge in [0.2, 0.25) is 5.91 Å². The number of rotatable bonds is 7. The lowest BCUT2D eigenvalue weighted by Crippen LogP contribution is -2.52. The largest absolute Gasteiger partial charge is 0.481 e. The van der Waals surface area contributed by atoms with Gasteiger partial charge in [0.1, 0.15) is 0 Å². The van der Waals surface area contributed by atoms with Crippen LogP contribution in [-0.4, -0.2) is 59.0 Å². The van der Waals surface area contributed by atoms with Gasteiger partial charge in [0.15, 0.2) is 0 Å². The van der Waals surface area contributed by atoms with Gasteiger partial charge in [-0.15, -0.1) is 0 Å². The van der Waals surface area contributed by atoms with Crippen molar-refractivity contribution in [2.75, 3.05) is 20.1 Å². The molecule has 1 atom stereocenters. The normalized spacial score (nSPS) is 21.6. The Hall–Kier alpha value is -1.10. The van der Waals surface area contributed by atoms with Gasteiger partial charge in [0.05, 0.1) is 12.5 Å². The zero-order chi connectivity index (χ0) is 17.5. The highest BCUT2D eigenvalue weighted by Crippen LogP contribution is 2.30. The first-order valence-electron chi connectivity index (χ1n) is 9.71. The van der Waals surface area contributed by atoms with E-state index in [9.17, 15) is 9.59 Å². The summed E-state index contributed by atoms with van der Waals surface area (Å²) in [6.07, 6.45) is 12.0. The standard InChI is InChI=1S/C19H34N2O3/c1-15(19(23)24)13-20(2)14-18(22)21(16-9-5-3-6-10-16)17-11-7-4-8-12-17/h15-17H,3-14H2,1-2H3,(H,23,24). The highest BCUT2D eigenvalue weighted by molar-refractivity contribution is 5.79. The molecule has 0 radical (unpaired) electrons. The molecule has 2 saturated carbocycles. The molecular weight excluding hydrogens is 304 g/mol. The van der Waals surface area contributed by atoms with Crippen LogP contribution in [0, 0.1) is 5.92 Å². The van der Waals surface area contributed by atoms with E-state index in [-0.39, 0.29) is 5.91 Å². The van der Waals surface area contributed by atoms with Crippen LogP contribution in [0.1, 0.15) is 71.1 Å². The quantitative estimate of drug-likeness (QED) is 0.775. The summed E-state index contributed by atoms with van der Waals surface area (Å²) in [5.41, 5.74) is 0. The number of carbonyl (C=O) groups excluding carboxylic acids is 1. The van der Waals surface area contributed by atoms with Crippen LogP contribution < -0.4 is 0 Å². The van der Waals surface area contributed by atoms with Crippen molar-refractivity contribution in [2.45, 2.75) is 83.2 Å². The molecule has 24 heavy (non-hydrogen) atoms. The SMILES string of the molecule is CC(CN(C)CC(=O)N(C1CCCCC1)C1CCCCC1)C(=O)O. The number of amides is 1. The minimum atomic E-state index is -0.800. The molecule has 0 heterocycles. The second kappa shape index (κ2) is 9.40. The van der Waals surface area contributed by atoms with Crippen LogP contribution in [0.15, 0.2) is 0 Å².